The van der Waals surface area contributed by atoms with Crippen LogP contribution in [0.3, 0.4) is 0 Å². The maximum atomic E-state index is 4.70. The summed E-state index contributed by atoms with van der Waals surface area (Å²) in [6.45, 7) is 5.26. The van der Waals surface area contributed by atoms with Gasteiger partial charge >= 0.3 is 0 Å². The van der Waals surface area contributed by atoms with E-state index in [2.05, 4.69) is 14.2 Å². The van der Waals surface area contributed by atoms with Gasteiger partial charge in [0, 0.05) is 84.0 Å². The van der Waals surface area contributed by atoms with Crippen LogP contribution in [0.4, 0.5) is 0 Å². The average molecular weight is 308 g/mol. The predicted octanol–water partition coefficient (Wildman–Crippen LogP) is 1.62. The summed E-state index contributed by atoms with van der Waals surface area (Å²) in [5.74, 6) is 0. The zero-order valence-corrected chi connectivity index (χ0v) is 13.0. The van der Waals surface area contributed by atoms with Crippen molar-refractivity contribution in [2.75, 3.05) is 13.2 Å². The first-order valence-electron chi connectivity index (χ1n) is 2.86. The van der Waals surface area contributed by atoms with Gasteiger partial charge in [0.25, 0.3) is 0 Å². The van der Waals surface area contributed by atoms with Crippen molar-refractivity contribution in [2.24, 2.45) is 5.41 Å². The summed E-state index contributed by atoms with van der Waals surface area (Å²) in [5, 5.41) is 0. The molecule has 0 fully saturated rings. The van der Waals surface area contributed by atoms with E-state index in [0.29, 0.717) is 13.2 Å². The van der Waals surface area contributed by atoms with Crippen LogP contribution >= 0.6 is 0 Å². The molecule has 0 amide bonds. The molecular weight excluding hydrogens is 294 g/mol. The van der Waals surface area contributed by atoms with Crippen LogP contribution in [0, 0.1) is 19.6 Å². The molecule has 0 aromatic heterocycles. The molecule has 0 heterocycles. The van der Waals surface area contributed by atoms with E-state index in [0.717, 1.165) is 0 Å². The summed E-state index contributed by atoms with van der Waals surface area (Å²) in [5.41, 5.74) is 0.0312. The molecule has 0 saturated heterocycles. The number of hydrogen-bond acceptors (Lipinski definition) is 2. The van der Waals surface area contributed by atoms with Crippen molar-refractivity contribution in [2.45, 2.75) is 13.8 Å². The van der Waals surface area contributed by atoms with Gasteiger partial charge in [0.2, 0.25) is 0 Å². The van der Waals surface area contributed by atoms with Gasteiger partial charge in [-0.1, -0.05) is 13.8 Å². The van der Waals surface area contributed by atoms with Crippen LogP contribution in [-0.4, -0.2) is 13.2 Å². The molecule has 0 unspecified atom stereocenters. The maximum Gasteiger partial charge on any atom is 0.0184 e. The Kier molecular flexibility index (Phi) is 17.5. The molecule has 11 heavy (non-hydrogen) atoms. The maximum absolute atomic E-state index is 4.70. The number of hydrogen-bond donors (Lipinski definition) is 0. The Hall–Kier alpha value is 2.13. The van der Waals surface area contributed by atoms with Crippen LogP contribution in [0.25, 0.3) is 0 Å². The van der Waals surface area contributed by atoms with Gasteiger partial charge in [-0.25, -0.2) is 14.2 Å². The van der Waals surface area contributed by atoms with E-state index in [4.69, 9.17) is 9.47 Å². The summed E-state index contributed by atoms with van der Waals surface area (Å²) in [6.07, 6.45) is 0. The second-order valence-electron chi connectivity index (χ2n) is 2.86. The topological polar surface area (TPSA) is 18.5 Å². The molecule has 0 aliphatic rings. The molecule has 0 rings (SSSR count). The first kappa shape index (κ1) is 18.8. The first-order chi connectivity index (χ1) is 4.12. The molecule has 2 nitrogen and oxygen atoms in total. The van der Waals surface area contributed by atoms with Crippen molar-refractivity contribution in [3.8, 4) is 0 Å². The van der Waals surface area contributed by atoms with Crippen molar-refractivity contribution in [3.63, 3.8) is 0 Å². The summed E-state index contributed by atoms with van der Waals surface area (Å²) in [4.78, 5) is 0. The van der Waals surface area contributed by atoms with Crippen LogP contribution in [0.5, 0.6) is 0 Å². The van der Waals surface area contributed by atoms with Crippen LogP contribution in [0.1, 0.15) is 13.8 Å². The molecule has 0 aromatic rings. The minimum absolute atomic E-state index is 0. The third-order valence-corrected chi connectivity index (χ3v) is 0.986. The second-order valence-corrected chi connectivity index (χ2v) is 2.86. The van der Waals surface area contributed by atoms with Crippen molar-refractivity contribution in [3.05, 3.63) is 14.2 Å². The van der Waals surface area contributed by atoms with Crippen molar-refractivity contribution >= 4 is 0 Å². The van der Waals surface area contributed by atoms with Gasteiger partial charge in [-0.05, 0) is 0 Å². The second kappa shape index (κ2) is 10.2. The quantitative estimate of drug-likeness (QED) is 0.735. The molecule has 62 valence electrons. The third kappa shape index (κ3) is 12.1. The third-order valence-electron chi connectivity index (χ3n) is 0.986. The number of ether oxygens (including phenoxy) is 2. The molecular formula is C7H14O2Y2-2. The Morgan fingerprint density at radius 1 is 1.00 bits per heavy atom. The fraction of sp³-hybridized carbons (Fsp3) is 0.714. The first-order valence-corrected chi connectivity index (χ1v) is 2.86. The Morgan fingerprint density at radius 3 is 1.45 bits per heavy atom. The molecule has 0 aliphatic heterocycles. The van der Waals surface area contributed by atoms with Gasteiger partial charge in [-0.2, -0.15) is 0 Å². The largest absolute Gasteiger partial charge is 0.555 e. The fourth-order valence-corrected chi connectivity index (χ4v) is 0.594. The zero-order valence-electron chi connectivity index (χ0n) is 7.30. The van der Waals surface area contributed by atoms with Crippen molar-refractivity contribution in [1.29, 1.82) is 0 Å². The standard InChI is InChI=1S/C7H14O2.2Y/c1-7(2,5-8-3)6-9-4;;/h3-6H2,1-2H3;;/q-2;;. The van der Waals surface area contributed by atoms with Gasteiger partial charge in [0.15, 0.2) is 0 Å². The van der Waals surface area contributed by atoms with Crippen LogP contribution in [0.15, 0.2) is 0 Å². The predicted molar refractivity (Wildman–Crippen MR) is 36.4 cm³/mol. The zero-order chi connectivity index (χ0) is 7.33. The summed E-state index contributed by atoms with van der Waals surface area (Å²) in [6, 6.07) is 0. The van der Waals surface area contributed by atoms with Gasteiger partial charge in [0.1, 0.15) is 0 Å². The van der Waals surface area contributed by atoms with Crippen LogP contribution < -0.4 is 0 Å². The van der Waals surface area contributed by atoms with E-state index in [1.54, 1.807) is 0 Å². The van der Waals surface area contributed by atoms with E-state index in [1.807, 2.05) is 13.8 Å². The molecule has 4 heteroatoms. The van der Waals surface area contributed by atoms with E-state index >= 15 is 0 Å². The minimum Gasteiger partial charge on any atom is -0.555 e. The number of rotatable bonds is 4. The Balaban J connectivity index is -0.000000320. The van der Waals surface area contributed by atoms with E-state index in [1.165, 1.54) is 0 Å². The monoisotopic (exact) mass is 308 g/mol. The molecule has 2 radical (unpaired) electrons. The normalized spacial score (nSPS) is 9.82. The molecule has 0 aromatic carbocycles. The van der Waals surface area contributed by atoms with Gasteiger partial charge in [-0.3, -0.25) is 0 Å². The fourth-order valence-electron chi connectivity index (χ4n) is 0.594. The summed E-state index contributed by atoms with van der Waals surface area (Å²) in [7, 11) is 6.55. The Bertz CT molecular complexity index is 68.8. The summed E-state index contributed by atoms with van der Waals surface area (Å²) < 4.78 is 9.40. The van der Waals surface area contributed by atoms with Gasteiger partial charge in [-0.15, -0.1) is 0 Å². The average Bonchev–Trinajstić information content (AvgIpc) is 1.64. The molecule has 0 aliphatic carbocycles. The Labute approximate surface area is 120 Å². The van der Waals surface area contributed by atoms with E-state index < -0.39 is 0 Å². The SMILES string of the molecule is [CH2-]OCC(C)(C)CO[CH2-].[Y].[Y]. The van der Waals surface area contributed by atoms with Crippen molar-refractivity contribution < 1.29 is 74.9 Å². The molecule has 0 atom stereocenters. The molecule has 0 bridgehead atoms. The smallest absolute Gasteiger partial charge is 0.0184 e. The summed E-state index contributed by atoms with van der Waals surface area (Å²) >= 11 is 0. The molecule has 0 N–H and O–H groups in total. The van der Waals surface area contributed by atoms with Crippen LogP contribution in [0.2, 0.25) is 0 Å². The Morgan fingerprint density at radius 2 is 1.27 bits per heavy atom. The minimum atomic E-state index is 0. The van der Waals surface area contributed by atoms with Gasteiger partial charge in [0.05, 0.1) is 0 Å². The van der Waals surface area contributed by atoms with E-state index in [-0.39, 0.29) is 70.8 Å². The van der Waals surface area contributed by atoms with Crippen molar-refractivity contribution in [1.82, 2.24) is 0 Å². The molecule has 0 spiro atoms. The molecule has 0 saturated carbocycles. The van der Waals surface area contributed by atoms with Crippen LogP contribution in [-0.2, 0) is 74.9 Å². The van der Waals surface area contributed by atoms with E-state index in [9.17, 15) is 0 Å². The van der Waals surface area contributed by atoms with Gasteiger partial charge < -0.3 is 9.47 Å².